The first-order valence-electron chi connectivity index (χ1n) is 5.49. The van der Waals surface area contributed by atoms with E-state index in [1.807, 2.05) is 6.07 Å². The second-order valence-corrected chi connectivity index (χ2v) is 4.56. The number of nitrogens with zero attached hydrogens (tertiary/aromatic N) is 1. The summed E-state index contributed by atoms with van der Waals surface area (Å²) in [5.74, 6) is -0.365. The number of methoxy groups -OCH3 is 1. The maximum atomic E-state index is 13.7. The van der Waals surface area contributed by atoms with Crippen LogP contribution in [-0.4, -0.2) is 31.3 Å². The Labute approximate surface area is 105 Å². The average Bonchev–Trinajstić information content (AvgIpc) is 2.76. The third kappa shape index (κ3) is 2.56. The highest BCUT2D eigenvalue weighted by Gasteiger charge is 2.22. The fourth-order valence-electron chi connectivity index (χ4n) is 2.06. The van der Waals surface area contributed by atoms with Crippen LogP contribution in [0.25, 0.3) is 0 Å². The number of ether oxygens (including phenoxy) is 1. The molecular formula is C12H15FN2OS. The summed E-state index contributed by atoms with van der Waals surface area (Å²) in [6.07, 6.45) is 1.20. The van der Waals surface area contributed by atoms with Gasteiger partial charge in [0, 0.05) is 31.5 Å². The molecule has 2 rings (SSSR count). The molecule has 5 heteroatoms. The Bertz CT molecular complexity index is 439. The lowest BCUT2D eigenvalue weighted by atomic mass is 10.2. The summed E-state index contributed by atoms with van der Waals surface area (Å²) < 4.78 is 19.0. The first kappa shape index (κ1) is 12.3. The van der Waals surface area contributed by atoms with Gasteiger partial charge in [-0.3, -0.25) is 0 Å². The molecule has 1 aliphatic rings. The van der Waals surface area contributed by atoms with E-state index >= 15 is 0 Å². The van der Waals surface area contributed by atoms with Crippen LogP contribution in [-0.2, 0) is 4.74 Å². The minimum Gasteiger partial charge on any atom is -0.389 e. The molecule has 0 bridgehead atoms. The molecule has 2 N–H and O–H groups in total. The van der Waals surface area contributed by atoms with Crippen molar-refractivity contribution in [3.63, 3.8) is 0 Å². The van der Waals surface area contributed by atoms with E-state index in [1.165, 1.54) is 6.07 Å². The standard InChI is InChI=1S/C12H15FN2OS/c1-16-9-4-5-15(7-9)8-2-3-10(12(14)17)11(13)6-8/h2-3,6,9H,4-5,7H2,1H3,(H2,14,17). The number of halogens is 1. The molecule has 0 aromatic heterocycles. The Kier molecular flexibility index (Phi) is 3.59. The smallest absolute Gasteiger partial charge is 0.135 e. The molecule has 0 spiro atoms. The quantitative estimate of drug-likeness (QED) is 0.833. The molecule has 17 heavy (non-hydrogen) atoms. The Morgan fingerprint density at radius 2 is 2.35 bits per heavy atom. The van der Waals surface area contributed by atoms with Gasteiger partial charge in [-0.1, -0.05) is 12.2 Å². The molecule has 0 aliphatic carbocycles. The summed E-state index contributed by atoms with van der Waals surface area (Å²) in [4.78, 5) is 2.19. The number of benzene rings is 1. The number of rotatable bonds is 3. The van der Waals surface area contributed by atoms with Crippen molar-refractivity contribution >= 4 is 22.9 Å². The summed E-state index contributed by atoms with van der Waals surface area (Å²) >= 11 is 4.77. The minimum atomic E-state index is -0.365. The van der Waals surface area contributed by atoms with Crippen LogP contribution >= 0.6 is 12.2 Å². The molecule has 0 saturated carbocycles. The van der Waals surface area contributed by atoms with Crippen LogP contribution in [0.15, 0.2) is 18.2 Å². The second kappa shape index (κ2) is 4.98. The van der Waals surface area contributed by atoms with Gasteiger partial charge in [-0.2, -0.15) is 0 Å². The van der Waals surface area contributed by atoms with Crippen LogP contribution in [0.1, 0.15) is 12.0 Å². The fourth-order valence-corrected chi connectivity index (χ4v) is 2.22. The number of hydrogen-bond donors (Lipinski definition) is 1. The highest BCUT2D eigenvalue weighted by Crippen LogP contribution is 2.23. The Morgan fingerprint density at radius 3 is 2.88 bits per heavy atom. The van der Waals surface area contributed by atoms with E-state index in [9.17, 15) is 4.39 Å². The zero-order valence-electron chi connectivity index (χ0n) is 9.65. The summed E-state index contributed by atoms with van der Waals surface area (Å²) in [6.45, 7) is 1.67. The van der Waals surface area contributed by atoms with E-state index in [0.29, 0.717) is 5.56 Å². The van der Waals surface area contributed by atoms with Crippen LogP contribution in [0.4, 0.5) is 10.1 Å². The zero-order valence-corrected chi connectivity index (χ0v) is 10.5. The van der Waals surface area contributed by atoms with Gasteiger partial charge >= 0.3 is 0 Å². The van der Waals surface area contributed by atoms with Gasteiger partial charge in [0.15, 0.2) is 0 Å². The van der Waals surface area contributed by atoms with Gasteiger partial charge in [0.2, 0.25) is 0 Å². The van der Waals surface area contributed by atoms with Crippen LogP contribution in [0.3, 0.4) is 0 Å². The van der Waals surface area contributed by atoms with Crippen LogP contribution in [0.2, 0.25) is 0 Å². The van der Waals surface area contributed by atoms with Crippen molar-refractivity contribution in [1.82, 2.24) is 0 Å². The van der Waals surface area contributed by atoms with Crippen molar-refractivity contribution in [3.05, 3.63) is 29.6 Å². The summed E-state index contributed by atoms with van der Waals surface area (Å²) in [6, 6.07) is 4.95. The molecule has 92 valence electrons. The monoisotopic (exact) mass is 254 g/mol. The molecule has 1 fully saturated rings. The molecule has 1 unspecified atom stereocenters. The average molecular weight is 254 g/mol. The van der Waals surface area contributed by atoms with Gasteiger partial charge in [0.05, 0.1) is 6.10 Å². The molecule has 0 amide bonds. The molecule has 0 radical (unpaired) electrons. The highest BCUT2D eigenvalue weighted by atomic mass is 32.1. The van der Waals surface area contributed by atoms with Crippen molar-refractivity contribution < 1.29 is 9.13 Å². The Balaban J connectivity index is 2.18. The summed E-state index contributed by atoms with van der Waals surface area (Å²) in [5.41, 5.74) is 6.57. The first-order chi connectivity index (χ1) is 8.11. The molecule has 3 nitrogen and oxygen atoms in total. The van der Waals surface area contributed by atoms with Crippen molar-refractivity contribution in [1.29, 1.82) is 0 Å². The molecule has 1 aromatic rings. The number of thiocarbonyl (C=S) groups is 1. The van der Waals surface area contributed by atoms with Crippen molar-refractivity contribution in [2.75, 3.05) is 25.1 Å². The zero-order chi connectivity index (χ0) is 12.4. The Morgan fingerprint density at radius 1 is 1.59 bits per heavy atom. The van der Waals surface area contributed by atoms with Gasteiger partial charge in [0.1, 0.15) is 10.8 Å². The SMILES string of the molecule is COC1CCN(c2ccc(C(N)=S)c(F)c2)C1. The van der Waals surface area contributed by atoms with E-state index in [-0.39, 0.29) is 16.9 Å². The molecule has 1 aromatic carbocycles. The van der Waals surface area contributed by atoms with E-state index in [0.717, 1.165) is 25.2 Å². The number of hydrogen-bond acceptors (Lipinski definition) is 3. The van der Waals surface area contributed by atoms with Gasteiger partial charge in [-0.05, 0) is 24.6 Å². The van der Waals surface area contributed by atoms with Gasteiger partial charge < -0.3 is 15.4 Å². The van der Waals surface area contributed by atoms with Gasteiger partial charge in [0.25, 0.3) is 0 Å². The topological polar surface area (TPSA) is 38.5 Å². The third-order valence-electron chi connectivity index (χ3n) is 3.06. The molecule has 1 atom stereocenters. The van der Waals surface area contributed by atoms with Gasteiger partial charge in [-0.25, -0.2) is 4.39 Å². The maximum absolute atomic E-state index is 13.7. The number of anilines is 1. The first-order valence-corrected chi connectivity index (χ1v) is 5.89. The molecular weight excluding hydrogens is 239 g/mol. The predicted molar refractivity (Wildman–Crippen MR) is 69.9 cm³/mol. The molecule has 1 saturated heterocycles. The second-order valence-electron chi connectivity index (χ2n) is 4.12. The molecule has 1 aliphatic heterocycles. The van der Waals surface area contributed by atoms with Gasteiger partial charge in [-0.15, -0.1) is 0 Å². The summed E-state index contributed by atoms with van der Waals surface area (Å²) in [5, 5.41) is 0. The highest BCUT2D eigenvalue weighted by molar-refractivity contribution is 7.80. The van der Waals surface area contributed by atoms with Crippen molar-refractivity contribution in [2.24, 2.45) is 5.73 Å². The number of nitrogens with two attached hydrogens (primary N) is 1. The van der Waals surface area contributed by atoms with E-state index in [2.05, 4.69) is 4.90 Å². The van der Waals surface area contributed by atoms with E-state index in [4.69, 9.17) is 22.7 Å². The lowest BCUT2D eigenvalue weighted by molar-refractivity contribution is 0.121. The Hall–Kier alpha value is -1.20. The largest absolute Gasteiger partial charge is 0.389 e. The van der Waals surface area contributed by atoms with Crippen molar-refractivity contribution in [2.45, 2.75) is 12.5 Å². The third-order valence-corrected chi connectivity index (χ3v) is 3.28. The fraction of sp³-hybridized carbons (Fsp3) is 0.417. The predicted octanol–water partition coefficient (Wildman–Crippen LogP) is 1.69. The van der Waals surface area contributed by atoms with Crippen LogP contribution in [0.5, 0.6) is 0 Å². The van der Waals surface area contributed by atoms with E-state index < -0.39 is 0 Å². The van der Waals surface area contributed by atoms with Crippen LogP contribution < -0.4 is 10.6 Å². The lowest BCUT2D eigenvalue weighted by Gasteiger charge is -2.18. The van der Waals surface area contributed by atoms with E-state index in [1.54, 1.807) is 13.2 Å². The van der Waals surface area contributed by atoms with Crippen LogP contribution in [0, 0.1) is 5.82 Å². The minimum absolute atomic E-state index is 0.0882. The van der Waals surface area contributed by atoms with Crippen molar-refractivity contribution in [3.8, 4) is 0 Å². The molecule has 1 heterocycles. The normalized spacial score (nSPS) is 19.6. The lowest BCUT2D eigenvalue weighted by Crippen LogP contribution is -2.22. The summed E-state index contributed by atoms with van der Waals surface area (Å²) in [7, 11) is 1.70. The maximum Gasteiger partial charge on any atom is 0.135 e.